The topological polar surface area (TPSA) is 51.0 Å². The third kappa shape index (κ3) is 1.72. The molecule has 2 rings (SSSR count). The molecule has 1 aromatic heterocycles. The van der Waals surface area contributed by atoms with Crippen LogP contribution < -0.4 is 5.32 Å². The van der Waals surface area contributed by atoms with Crippen LogP contribution in [0.2, 0.25) is 0 Å². The number of hydrogen-bond acceptors (Lipinski definition) is 5. The molecule has 1 N–H and O–H groups in total. The van der Waals surface area contributed by atoms with Crippen molar-refractivity contribution in [3.63, 3.8) is 0 Å². The predicted molar refractivity (Wildman–Crippen MR) is 56.5 cm³/mol. The fourth-order valence-corrected chi connectivity index (χ4v) is 1.24. The number of aromatic nitrogens is 2. The molecule has 0 aliphatic heterocycles. The first-order chi connectivity index (χ1) is 6.79. The average molecular weight is 207 g/mol. The van der Waals surface area contributed by atoms with Crippen LogP contribution in [0, 0.1) is 0 Å². The highest BCUT2D eigenvalue weighted by Crippen LogP contribution is 2.20. The van der Waals surface area contributed by atoms with Gasteiger partial charge in [-0.05, 0) is 24.3 Å². The minimum atomic E-state index is 0.276. The van der Waals surface area contributed by atoms with Gasteiger partial charge in [-0.2, -0.15) is 0 Å². The van der Waals surface area contributed by atoms with E-state index in [0.717, 1.165) is 11.3 Å². The van der Waals surface area contributed by atoms with E-state index in [1.54, 1.807) is 0 Å². The van der Waals surface area contributed by atoms with Gasteiger partial charge in [-0.15, -0.1) is 10.2 Å². The van der Waals surface area contributed by atoms with E-state index in [9.17, 15) is 0 Å². The summed E-state index contributed by atoms with van der Waals surface area (Å²) in [6, 6.07) is 7.70. The van der Waals surface area contributed by atoms with Gasteiger partial charge in [-0.25, -0.2) is 0 Å². The van der Waals surface area contributed by atoms with Gasteiger partial charge in [0.15, 0.2) is 0 Å². The molecule has 0 atom stereocenters. The quantitative estimate of drug-likeness (QED) is 0.740. The molecule has 14 heavy (non-hydrogen) atoms. The van der Waals surface area contributed by atoms with Gasteiger partial charge in [-0.3, -0.25) is 0 Å². The molecule has 1 heterocycles. The van der Waals surface area contributed by atoms with Gasteiger partial charge in [-0.1, -0.05) is 12.6 Å². The molecule has 0 bridgehead atoms. The molecular weight excluding hydrogens is 198 g/mol. The van der Waals surface area contributed by atoms with E-state index < -0.39 is 0 Å². The molecule has 0 unspecified atom stereocenters. The number of rotatable bonds is 2. The maximum atomic E-state index is 5.16. The third-order valence-corrected chi connectivity index (χ3v) is 2.02. The zero-order valence-electron chi connectivity index (χ0n) is 7.56. The molecule has 5 heteroatoms. The first-order valence-corrected chi connectivity index (χ1v) is 4.55. The number of hydrogen-bond donors (Lipinski definition) is 2. The summed E-state index contributed by atoms with van der Waals surface area (Å²) in [5, 5.41) is 10.8. The van der Waals surface area contributed by atoms with Crippen molar-refractivity contribution in [1.82, 2.24) is 10.2 Å². The van der Waals surface area contributed by atoms with Crippen LogP contribution in [0.25, 0.3) is 11.5 Å². The molecule has 4 nitrogen and oxygen atoms in total. The summed E-state index contributed by atoms with van der Waals surface area (Å²) in [5.74, 6) is 0.484. The highest BCUT2D eigenvalue weighted by molar-refractivity contribution is 7.80. The highest BCUT2D eigenvalue weighted by Gasteiger charge is 2.04. The van der Waals surface area contributed by atoms with E-state index in [0.29, 0.717) is 5.89 Å². The van der Waals surface area contributed by atoms with E-state index in [4.69, 9.17) is 4.42 Å². The van der Waals surface area contributed by atoms with Gasteiger partial charge < -0.3 is 9.73 Å². The van der Waals surface area contributed by atoms with Crippen LogP contribution in [0.1, 0.15) is 0 Å². The lowest BCUT2D eigenvalue weighted by molar-refractivity contribution is 0.468. The number of nitrogens with one attached hydrogen (secondary N) is 1. The normalized spacial score (nSPS) is 10.1. The molecule has 72 valence electrons. The first kappa shape index (κ1) is 9.08. The summed E-state index contributed by atoms with van der Waals surface area (Å²) in [7, 11) is 1.87. The number of nitrogens with zero attached hydrogens (tertiary/aromatic N) is 2. The predicted octanol–water partition coefficient (Wildman–Crippen LogP) is 2.07. The minimum Gasteiger partial charge on any atom is -0.411 e. The Bertz CT molecular complexity index is 424. The van der Waals surface area contributed by atoms with Crippen LogP contribution in [0.3, 0.4) is 0 Å². The number of benzene rings is 1. The number of anilines is 1. The van der Waals surface area contributed by atoms with Crippen LogP contribution in [0.15, 0.2) is 33.9 Å². The van der Waals surface area contributed by atoms with Crippen molar-refractivity contribution in [3.05, 3.63) is 24.3 Å². The maximum Gasteiger partial charge on any atom is 0.273 e. The van der Waals surface area contributed by atoms with Crippen LogP contribution >= 0.6 is 12.6 Å². The first-order valence-electron chi connectivity index (χ1n) is 4.10. The minimum absolute atomic E-state index is 0.276. The lowest BCUT2D eigenvalue weighted by Gasteiger charge is -1.99. The molecule has 0 aliphatic carbocycles. The van der Waals surface area contributed by atoms with Crippen molar-refractivity contribution in [1.29, 1.82) is 0 Å². The molecule has 0 saturated carbocycles. The summed E-state index contributed by atoms with van der Waals surface area (Å²) >= 11 is 3.94. The Balaban J connectivity index is 2.33. The monoisotopic (exact) mass is 207 g/mol. The lowest BCUT2D eigenvalue weighted by Crippen LogP contribution is -1.86. The Morgan fingerprint density at radius 1 is 1.21 bits per heavy atom. The molecular formula is C9H9N3OS. The van der Waals surface area contributed by atoms with E-state index >= 15 is 0 Å². The van der Waals surface area contributed by atoms with E-state index in [2.05, 4.69) is 28.1 Å². The summed E-state index contributed by atoms with van der Waals surface area (Å²) in [5.41, 5.74) is 1.93. The van der Waals surface area contributed by atoms with Crippen molar-refractivity contribution in [2.75, 3.05) is 12.4 Å². The molecule has 1 aromatic carbocycles. The average Bonchev–Trinajstić information content (AvgIpc) is 2.65. The summed E-state index contributed by atoms with van der Waals surface area (Å²) in [4.78, 5) is 0. The van der Waals surface area contributed by atoms with E-state index in [1.165, 1.54) is 0 Å². The second-order valence-electron chi connectivity index (χ2n) is 2.72. The van der Waals surface area contributed by atoms with Crippen molar-refractivity contribution >= 4 is 18.3 Å². The molecule has 0 fully saturated rings. The van der Waals surface area contributed by atoms with Crippen LogP contribution in [-0.2, 0) is 0 Å². The van der Waals surface area contributed by atoms with E-state index in [1.807, 2.05) is 31.3 Å². The lowest BCUT2D eigenvalue weighted by atomic mass is 10.2. The van der Waals surface area contributed by atoms with Gasteiger partial charge in [0.25, 0.3) is 5.22 Å². The fraction of sp³-hybridized carbons (Fsp3) is 0.111. The Kier molecular flexibility index (Phi) is 2.41. The summed E-state index contributed by atoms with van der Waals surface area (Å²) in [6.07, 6.45) is 0. The van der Waals surface area contributed by atoms with Gasteiger partial charge in [0.1, 0.15) is 0 Å². The standard InChI is InChI=1S/C9H9N3OS/c1-10-7-4-2-6(3-5-7)8-11-12-9(14)13-8/h2-5,10H,1H3,(H,12,14). The largest absolute Gasteiger partial charge is 0.411 e. The van der Waals surface area contributed by atoms with Crippen LogP contribution in [0.5, 0.6) is 0 Å². The maximum absolute atomic E-state index is 5.16. The molecule has 0 spiro atoms. The second kappa shape index (κ2) is 3.71. The Labute approximate surface area is 86.8 Å². The van der Waals surface area contributed by atoms with Gasteiger partial charge in [0.05, 0.1) is 0 Å². The zero-order chi connectivity index (χ0) is 9.97. The zero-order valence-corrected chi connectivity index (χ0v) is 8.45. The molecule has 2 aromatic rings. The molecule has 0 saturated heterocycles. The molecule has 0 radical (unpaired) electrons. The Morgan fingerprint density at radius 2 is 1.93 bits per heavy atom. The highest BCUT2D eigenvalue weighted by atomic mass is 32.1. The van der Waals surface area contributed by atoms with E-state index in [-0.39, 0.29) is 5.22 Å². The Hall–Kier alpha value is -1.49. The van der Waals surface area contributed by atoms with Crippen LogP contribution in [-0.4, -0.2) is 17.2 Å². The van der Waals surface area contributed by atoms with Crippen molar-refractivity contribution in [2.24, 2.45) is 0 Å². The van der Waals surface area contributed by atoms with Crippen molar-refractivity contribution in [2.45, 2.75) is 5.22 Å². The van der Waals surface area contributed by atoms with Gasteiger partial charge >= 0.3 is 0 Å². The fourth-order valence-electron chi connectivity index (χ4n) is 1.11. The molecule has 0 amide bonds. The second-order valence-corrected chi connectivity index (χ2v) is 3.10. The Morgan fingerprint density at radius 3 is 2.43 bits per heavy atom. The summed E-state index contributed by atoms with van der Waals surface area (Å²) in [6.45, 7) is 0. The SMILES string of the molecule is CNc1ccc(-c2nnc(S)o2)cc1. The van der Waals surface area contributed by atoms with Gasteiger partial charge in [0.2, 0.25) is 5.89 Å². The summed E-state index contributed by atoms with van der Waals surface area (Å²) < 4.78 is 5.16. The molecule has 0 aliphatic rings. The smallest absolute Gasteiger partial charge is 0.273 e. The van der Waals surface area contributed by atoms with Crippen molar-refractivity contribution < 1.29 is 4.42 Å². The van der Waals surface area contributed by atoms with Crippen LogP contribution in [0.4, 0.5) is 5.69 Å². The third-order valence-electron chi connectivity index (χ3n) is 1.83. The van der Waals surface area contributed by atoms with Crippen molar-refractivity contribution in [3.8, 4) is 11.5 Å². The number of thiol groups is 1. The van der Waals surface area contributed by atoms with Gasteiger partial charge in [0, 0.05) is 18.3 Å².